The molecule has 2 aromatic rings. The number of rotatable bonds is 7. The van der Waals surface area contributed by atoms with Gasteiger partial charge in [-0.1, -0.05) is 19.4 Å². The van der Waals surface area contributed by atoms with Crippen LogP contribution in [0.15, 0.2) is 41.8 Å². The smallest absolute Gasteiger partial charge is 0.265 e. The first-order chi connectivity index (χ1) is 13.9. The minimum Gasteiger partial charge on any atom is -0.325 e. The molecule has 0 bridgehead atoms. The monoisotopic (exact) mass is 435 g/mol. The number of carbonyl (C=O) groups is 2. The molecule has 0 radical (unpaired) electrons. The first kappa shape index (κ1) is 21.5. The molecule has 0 aliphatic carbocycles. The second-order valence-corrected chi connectivity index (χ2v) is 9.93. The van der Waals surface area contributed by atoms with Crippen molar-refractivity contribution >= 4 is 44.5 Å². The Labute approximate surface area is 175 Å². The summed E-state index contributed by atoms with van der Waals surface area (Å²) in [6.45, 7) is 2.20. The first-order valence-electron chi connectivity index (χ1n) is 9.66. The summed E-state index contributed by atoms with van der Waals surface area (Å²) in [6.07, 6.45) is 2.63. The molecule has 1 aromatic carbocycles. The molecule has 1 aromatic heterocycles. The molecule has 1 unspecified atom stereocenters. The van der Waals surface area contributed by atoms with E-state index in [0.29, 0.717) is 35.6 Å². The van der Waals surface area contributed by atoms with E-state index in [2.05, 4.69) is 10.6 Å². The molecule has 2 N–H and O–H groups in total. The molecule has 29 heavy (non-hydrogen) atoms. The van der Waals surface area contributed by atoms with Gasteiger partial charge in [-0.2, -0.15) is 4.31 Å². The summed E-state index contributed by atoms with van der Waals surface area (Å²) in [5, 5.41) is 7.44. The van der Waals surface area contributed by atoms with Crippen LogP contribution in [0.1, 0.15) is 42.3 Å². The van der Waals surface area contributed by atoms with Crippen molar-refractivity contribution in [2.45, 2.75) is 38.6 Å². The van der Waals surface area contributed by atoms with Gasteiger partial charge in [0, 0.05) is 17.9 Å². The summed E-state index contributed by atoms with van der Waals surface area (Å²) in [7, 11) is -3.44. The van der Waals surface area contributed by atoms with Gasteiger partial charge in [-0.05, 0) is 55.0 Å². The zero-order chi connectivity index (χ0) is 20.9. The van der Waals surface area contributed by atoms with Gasteiger partial charge in [0.25, 0.3) is 5.91 Å². The van der Waals surface area contributed by atoms with Crippen LogP contribution in [0.2, 0.25) is 0 Å². The van der Waals surface area contributed by atoms with Gasteiger partial charge >= 0.3 is 0 Å². The van der Waals surface area contributed by atoms with Crippen molar-refractivity contribution in [2.75, 3.05) is 22.9 Å². The molecule has 1 aliphatic heterocycles. The number of hydrogen-bond acceptors (Lipinski definition) is 5. The lowest BCUT2D eigenvalue weighted by Crippen LogP contribution is -2.50. The molecule has 9 heteroatoms. The number of amides is 2. The van der Waals surface area contributed by atoms with Crippen LogP contribution in [-0.4, -0.2) is 42.9 Å². The van der Waals surface area contributed by atoms with E-state index in [9.17, 15) is 18.0 Å². The van der Waals surface area contributed by atoms with Crippen LogP contribution in [0.4, 0.5) is 11.4 Å². The molecule has 1 saturated heterocycles. The van der Waals surface area contributed by atoms with E-state index in [1.807, 2.05) is 18.4 Å². The minimum absolute atomic E-state index is 0.0510. The fourth-order valence-electron chi connectivity index (χ4n) is 3.34. The number of anilines is 2. The molecular weight excluding hydrogens is 410 g/mol. The van der Waals surface area contributed by atoms with Gasteiger partial charge in [-0.25, -0.2) is 8.42 Å². The van der Waals surface area contributed by atoms with Crippen molar-refractivity contribution in [3.05, 3.63) is 46.7 Å². The lowest BCUT2D eigenvalue weighted by molar-refractivity contribution is -0.120. The molecule has 7 nitrogen and oxygen atoms in total. The Morgan fingerprint density at radius 2 is 1.79 bits per heavy atom. The Morgan fingerprint density at radius 3 is 2.41 bits per heavy atom. The van der Waals surface area contributed by atoms with Crippen LogP contribution in [0.3, 0.4) is 0 Å². The predicted molar refractivity (Wildman–Crippen MR) is 116 cm³/mol. The van der Waals surface area contributed by atoms with Gasteiger partial charge in [0.1, 0.15) is 6.04 Å². The number of benzene rings is 1. The van der Waals surface area contributed by atoms with Crippen molar-refractivity contribution < 1.29 is 18.0 Å². The lowest BCUT2D eigenvalue weighted by atomic mass is 10.0. The highest BCUT2D eigenvalue weighted by molar-refractivity contribution is 7.89. The Balaban J connectivity index is 1.64. The van der Waals surface area contributed by atoms with Crippen molar-refractivity contribution in [2.24, 2.45) is 0 Å². The molecule has 2 amide bonds. The maximum atomic E-state index is 12.8. The van der Waals surface area contributed by atoms with Crippen LogP contribution in [0.5, 0.6) is 0 Å². The Hall–Kier alpha value is -2.23. The van der Waals surface area contributed by atoms with Crippen LogP contribution in [0.25, 0.3) is 0 Å². The van der Waals surface area contributed by atoms with E-state index >= 15 is 0 Å². The quantitative estimate of drug-likeness (QED) is 0.695. The lowest BCUT2D eigenvalue weighted by Gasteiger charge is -2.33. The van der Waals surface area contributed by atoms with Crippen molar-refractivity contribution in [3.8, 4) is 0 Å². The topological polar surface area (TPSA) is 95.6 Å². The summed E-state index contributed by atoms with van der Waals surface area (Å²) in [6, 6.07) is 9.66. The number of sulfonamides is 1. The summed E-state index contributed by atoms with van der Waals surface area (Å²) < 4.78 is 26.4. The van der Waals surface area contributed by atoms with Crippen LogP contribution in [-0.2, 0) is 14.8 Å². The maximum Gasteiger partial charge on any atom is 0.265 e. The van der Waals surface area contributed by atoms with Gasteiger partial charge < -0.3 is 10.6 Å². The number of hydrogen-bond donors (Lipinski definition) is 2. The SMILES string of the molecule is CCCS(=O)(=O)N1CCCCC1C(=O)Nc1ccc(NC(=O)c2cccs2)cc1. The number of thiophene rings is 1. The van der Waals surface area contributed by atoms with Crippen molar-refractivity contribution in [1.82, 2.24) is 4.31 Å². The standard InChI is InChI=1S/C20H25N3O4S2/c1-2-14-29(26,27)23-12-4-3-6-17(23)19(24)21-15-8-10-16(11-9-15)22-20(25)18-7-5-13-28-18/h5,7-11,13,17H,2-4,6,12,14H2,1H3,(H,21,24)(H,22,25). The summed E-state index contributed by atoms with van der Waals surface area (Å²) >= 11 is 1.36. The molecule has 2 heterocycles. The Morgan fingerprint density at radius 1 is 1.10 bits per heavy atom. The van der Waals surface area contributed by atoms with Gasteiger partial charge in [-0.15, -0.1) is 11.3 Å². The van der Waals surface area contributed by atoms with Crippen molar-refractivity contribution in [3.63, 3.8) is 0 Å². The highest BCUT2D eigenvalue weighted by Crippen LogP contribution is 2.23. The highest BCUT2D eigenvalue weighted by atomic mass is 32.2. The number of piperidine rings is 1. The van der Waals surface area contributed by atoms with E-state index in [4.69, 9.17) is 0 Å². The zero-order valence-electron chi connectivity index (χ0n) is 16.3. The van der Waals surface area contributed by atoms with E-state index in [-0.39, 0.29) is 17.6 Å². The van der Waals surface area contributed by atoms with E-state index < -0.39 is 16.1 Å². The van der Waals surface area contributed by atoms with E-state index in [1.165, 1.54) is 15.6 Å². The van der Waals surface area contributed by atoms with Crippen molar-refractivity contribution in [1.29, 1.82) is 0 Å². The van der Waals surface area contributed by atoms with Crippen LogP contribution < -0.4 is 10.6 Å². The summed E-state index contributed by atoms with van der Waals surface area (Å²) in [5.74, 6) is -0.453. The molecule has 0 saturated carbocycles. The molecule has 3 rings (SSSR count). The molecular formula is C20H25N3O4S2. The van der Waals surface area contributed by atoms with E-state index in [1.54, 1.807) is 30.3 Å². The van der Waals surface area contributed by atoms with Gasteiger partial charge in [0.2, 0.25) is 15.9 Å². The normalized spacial score (nSPS) is 17.6. The van der Waals surface area contributed by atoms with E-state index in [0.717, 1.165) is 12.8 Å². The minimum atomic E-state index is -3.44. The Kier molecular flexibility index (Phi) is 7.05. The highest BCUT2D eigenvalue weighted by Gasteiger charge is 2.36. The fraction of sp³-hybridized carbons (Fsp3) is 0.400. The molecule has 1 atom stereocenters. The summed E-state index contributed by atoms with van der Waals surface area (Å²) in [4.78, 5) is 25.5. The number of carbonyl (C=O) groups excluding carboxylic acids is 2. The maximum absolute atomic E-state index is 12.8. The number of nitrogens with zero attached hydrogens (tertiary/aromatic N) is 1. The summed E-state index contributed by atoms with van der Waals surface area (Å²) in [5.41, 5.74) is 1.17. The zero-order valence-corrected chi connectivity index (χ0v) is 17.9. The van der Waals surface area contributed by atoms with Gasteiger partial charge in [0.15, 0.2) is 0 Å². The fourth-order valence-corrected chi connectivity index (χ4v) is 5.70. The second-order valence-electron chi connectivity index (χ2n) is 6.94. The average molecular weight is 436 g/mol. The van der Waals surface area contributed by atoms with Gasteiger partial charge in [0.05, 0.1) is 10.6 Å². The third-order valence-corrected chi connectivity index (χ3v) is 7.68. The van der Waals surface area contributed by atoms with Gasteiger partial charge in [-0.3, -0.25) is 9.59 Å². The van der Waals surface area contributed by atoms with Crippen LogP contribution >= 0.6 is 11.3 Å². The van der Waals surface area contributed by atoms with Crippen LogP contribution in [0, 0.1) is 0 Å². The molecule has 156 valence electrons. The first-order valence-corrected chi connectivity index (χ1v) is 12.1. The Bertz CT molecular complexity index is 941. The second kappa shape index (κ2) is 9.51. The average Bonchev–Trinajstić information content (AvgIpc) is 3.24. The number of nitrogens with one attached hydrogen (secondary N) is 2. The third kappa shape index (κ3) is 5.43. The predicted octanol–water partition coefficient (Wildman–Crippen LogP) is 3.53. The molecule has 1 fully saturated rings. The molecule has 0 spiro atoms. The molecule has 1 aliphatic rings. The third-order valence-electron chi connectivity index (χ3n) is 4.73. The largest absolute Gasteiger partial charge is 0.325 e.